The molecule has 0 atom stereocenters. The zero-order valence-electron chi connectivity index (χ0n) is 31.4. The lowest BCUT2D eigenvalue weighted by Gasteiger charge is -2.30. The average molecular weight is 682 g/mol. The molecule has 1 nitrogen and oxygen atoms in total. The van der Waals surface area contributed by atoms with Gasteiger partial charge in [-0.1, -0.05) is 147 Å². The highest BCUT2D eigenvalue weighted by molar-refractivity contribution is 7.26. The Bertz CT molecular complexity index is 2550. The fourth-order valence-electron chi connectivity index (χ4n) is 9.05. The van der Waals surface area contributed by atoms with Crippen molar-refractivity contribution in [3.63, 3.8) is 0 Å². The number of rotatable bonds is 4. The van der Waals surface area contributed by atoms with Crippen LogP contribution in [0.1, 0.15) is 102 Å². The average Bonchev–Trinajstić information content (AvgIpc) is 3.68. The van der Waals surface area contributed by atoms with Crippen molar-refractivity contribution < 1.29 is 0 Å². The molecule has 2 aliphatic carbocycles. The second kappa shape index (κ2) is 10.9. The Hall–Kier alpha value is -4.66. The van der Waals surface area contributed by atoms with E-state index in [2.05, 4.69) is 182 Å². The number of anilines is 3. The predicted molar refractivity (Wildman–Crippen MR) is 222 cm³/mol. The van der Waals surface area contributed by atoms with Crippen molar-refractivity contribution in [2.24, 2.45) is 0 Å². The van der Waals surface area contributed by atoms with Gasteiger partial charge < -0.3 is 4.90 Å². The van der Waals surface area contributed by atoms with E-state index in [0.717, 1.165) is 0 Å². The minimum atomic E-state index is -0.120. The molecule has 51 heavy (non-hydrogen) atoms. The van der Waals surface area contributed by atoms with Gasteiger partial charge in [0.1, 0.15) is 0 Å². The van der Waals surface area contributed by atoms with E-state index < -0.39 is 0 Å². The normalized spacial score (nSPS) is 15.3. The van der Waals surface area contributed by atoms with Crippen LogP contribution in [0.2, 0.25) is 0 Å². The van der Waals surface area contributed by atoms with Crippen LogP contribution < -0.4 is 4.90 Å². The molecule has 0 unspecified atom stereocenters. The molecule has 0 N–H and O–H groups in total. The number of hydrogen-bond acceptors (Lipinski definition) is 2. The summed E-state index contributed by atoms with van der Waals surface area (Å²) in [5, 5.41) is 2.69. The molecule has 0 spiro atoms. The SMILES string of the molecule is CC(C)c1cccc2c1sc1c(N(c3ccc4c(c3)C(C)(C)c3ccccc3-4)c3ccc4c(c3)C(C)(C)c3cc(C(C)(C)C)ccc3-4)cccc12. The van der Waals surface area contributed by atoms with Gasteiger partial charge in [0.05, 0.1) is 10.4 Å². The second-order valence-electron chi connectivity index (χ2n) is 17.2. The third-order valence-electron chi connectivity index (χ3n) is 12.0. The Balaban J connectivity index is 1.29. The fourth-order valence-corrected chi connectivity index (χ4v) is 10.5. The van der Waals surface area contributed by atoms with Crippen LogP contribution in [0.3, 0.4) is 0 Å². The first-order valence-electron chi connectivity index (χ1n) is 18.6. The first-order chi connectivity index (χ1) is 24.3. The van der Waals surface area contributed by atoms with E-state index in [9.17, 15) is 0 Å². The van der Waals surface area contributed by atoms with Crippen molar-refractivity contribution in [2.45, 2.75) is 84.5 Å². The number of thiophene rings is 1. The summed E-state index contributed by atoms with van der Waals surface area (Å²) < 4.78 is 2.74. The van der Waals surface area contributed by atoms with Crippen LogP contribution in [0.5, 0.6) is 0 Å². The quantitative estimate of drug-likeness (QED) is 0.179. The summed E-state index contributed by atoms with van der Waals surface area (Å²) >= 11 is 1.95. The number of benzene rings is 6. The summed E-state index contributed by atoms with van der Waals surface area (Å²) in [5.74, 6) is 0.460. The van der Waals surface area contributed by atoms with Crippen molar-refractivity contribution in [3.8, 4) is 22.3 Å². The second-order valence-corrected chi connectivity index (χ2v) is 18.3. The first-order valence-corrected chi connectivity index (χ1v) is 19.4. The molecule has 0 saturated heterocycles. The van der Waals surface area contributed by atoms with Crippen molar-refractivity contribution >= 4 is 48.6 Å². The molecule has 2 heteroatoms. The van der Waals surface area contributed by atoms with E-state index in [1.807, 2.05) is 11.3 Å². The van der Waals surface area contributed by atoms with Gasteiger partial charge in [-0.25, -0.2) is 0 Å². The van der Waals surface area contributed by atoms with Gasteiger partial charge in [-0.05, 0) is 97.3 Å². The molecule has 0 radical (unpaired) electrons. The summed E-state index contributed by atoms with van der Waals surface area (Å²) in [4.78, 5) is 2.55. The van der Waals surface area contributed by atoms with Crippen molar-refractivity contribution in [1.82, 2.24) is 0 Å². The molecule has 0 aliphatic heterocycles. The zero-order chi connectivity index (χ0) is 35.6. The Kier molecular flexibility index (Phi) is 6.91. The van der Waals surface area contributed by atoms with Crippen LogP contribution in [0.15, 0.2) is 115 Å². The highest BCUT2D eigenvalue weighted by Gasteiger charge is 2.38. The van der Waals surface area contributed by atoms with Crippen molar-refractivity contribution in [1.29, 1.82) is 0 Å². The van der Waals surface area contributed by atoms with Crippen LogP contribution in [0, 0.1) is 0 Å². The minimum Gasteiger partial charge on any atom is -0.309 e. The van der Waals surface area contributed by atoms with Gasteiger partial charge >= 0.3 is 0 Å². The van der Waals surface area contributed by atoms with Gasteiger partial charge in [0, 0.05) is 37.7 Å². The largest absolute Gasteiger partial charge is 0.309 e. The maximum absolute atomic E-state index is 2.55. The highest BCUT2D eigenvalue weighted by atomic mass is 32.1. The predicted octanol–water partition coefficient (Wildman–Crippen LogP) is 14.6. The molecule has 0 amide bonds. The van der Waals surface area contributed by atoms with Gasteiger partial charge in [-0.2, -0.15) is 0 Å². The maximum Gasteiger partial charge on any atom is 0.0640 e. The fraction of sp³-hybridized carbons (Fsp3) is 0.265. The van der Waals surface area contributed by atoms with Crippen LogP contribution in [0.4, 0.5) is 17.1 Å². The third-order valence-corrected chi connectivity index (χ3v) is 13.3. The molecular formula is C49H47NS. The summed E-state index contributed by atoms with van der Waals surface area (Å²) in [6.07, 6.45) is 0. The monoisotopic (exact) mass is 681 g/mol. The van der Waals surface area contributed by atoms with Gasteiger partial charge in [0.15, 0.2) is 0 Å². The van der Waals surface area contributed by atoms with Crippen LogP contribution in [0.25, 0.3) is 42.4 Å². The van der Waals surface area contributed by atoms with Gasteiger partial charge in [-0.15, -0.1) is 11.3 Å². The Morgan fingerprint density at radius 2 is 1.06 bits per heavy atom. The topological polar surface area (TPSA) is 3.24 Å². The van der Waals surface area contributed by atoms with E-state index in [1.165, 1.54) is 92.9 Å². The minimum absolute atomic E-state index is 0.0876. The lowest BCUT2D eigenvalue weighted by molar-refractivity contribution is 0.584. The molecular weight excluding hydrogens is 635 g/mol. The Morgan fingerprint density at radius 3 is 1.69 bits per heavy atom. The number of hydrogen-bond donors (Lipinski definition) is 0. The van der Waals surface area contributed by atoms with E-state index in [4.69, 9.17) is 0 Å². The van der Waals surface area contributed by atoms with Crippen LogP contribution >= 0.6 is 11.3 Å². The standard InChI is InChI=1S/C49H47NS/c1-29(2)33-15-12-16-38-39-17-13-19-44(46(39)51-45(33)38)50(31-21-24-36-34-14-10-11-18-40(34)48(6,7)42(36)27-31)32-22-25-37-35-23-20-30(47(3,4)5)26-41(35)49(8,9)43(37)28-32/h10-29H,1-9H3. The molecule has 0 fully saturated rings. The van der Waals surface area contributed by atoms with Gasteiger partial charge in [0.2, 0.25) is 0 Å². The van der Waals surface area contributed by atoms with E-state index in [0.29, 0.717) is 5.92 Å². The molecule has 7 aromatic rings. The first kappa shape index (κ1) is 32.3. The molecule has 6 aromatic carbocycles. The summed E-state index contributed by atoms with van der Waals surface area (Å²) in [6.45, 7) is 21.1. The molecule has 9 rings (SSSR count). The zero-order valence-corrected chi connectivity index (χ0v) is 32.2. The number of fused-ring (bicyclic) bond motifs is 9. The van der Waals surface area contributed by atoms with E-state index in [1.54, 1.807) is 0 Å². The molecule has 2 aliphatic rings. The molecule has 1 heterocycles. The summed E-state index contributed by atoms with van der Waals surface area (Å²) in [6, 6.07) is 44.3. The van der Waals surface area contributed by atoms with Gasteiger partial charge in [-0.3, -0.25) is 0 Å². The molecule has 0 bridgehead atoms. The lowest BCUT2D eigenvalue weighted by atomic mass is 9.79. The molecule has 254 valence electrons. The maximum atomic E-state index is 2.55. The van der Waals surface area contributed by atoms with Crippen LogP contribution in [-0.2, 0) is 16.2 Å². The molecule has 1 aromatic heterocycles. The summed E-state index contributed by atoms with van der Waals surface area (Å²) in [5.41, 5.74) is 17.4. The van der Waals surface area contributed by atoms with E-state index in [-0.39, 0.29) is 16.2 Å². The lowest BCUT2D eigenvalue weighted by Crippen LogP contribution is -2.19. The smallest absolute Gasteiger partial charge is 0.0640 e. The Morgan fingerprint density at radius 1 is 0.529 bits per heavy atom. The van der Waals surface area contributed by atoms with Crippen molar-refractivity contribution in [2.75, 3.05) is 4.90 Å². The van der Waals surface area contributed by atoms with Crippen molar-refractivity contribution in [3.05, 3.63) is 149 Å². The third kappa shape index (κ3) is 4.65. The van der Waals surface area contributed by atoms with Gasteiger partial charge in [0.25, 0.3) is 0 Å². The highest BCUT2D eigenvalue weighted by Crippen LogP contribution is 2.55. The molecule has 0 saturated carbocycles. The summed E-state index contributed by atoms with van der Waals surface area (Å²) in [7, 11) is 0. The number of nitrogens with zero attached hydrogens (tertiary/aromatic N) is 1. The van der Waals surface area contributed by atoms with Crippen LogP contribution in [-0.4, -0.2) is 0 Å². The van der Waals surface area contributed by atoms with E-state index >= 15 is 0 Å². The Labute approximate surface area is 307 Å².